The number of hydrogen-bond acceptors (Lipinski definition) is 8. The molecule has 0 spiro atoms. The second-order valence-electron chi connectivity index (χ2n) is 8.91. The second kappa shape index (κ2) is 10.9. The summed E-state index contributed by atoms with van der Waals surface area (Å²) in [6.45, 7) is 1.16. The largest absolute Gasteiger partial charge is 0.507 e. The average molecular weight is 531 g/mol. The fourth-order valence-electron chi connectivity index (χ4n) is 4.71. The molecule has 198 valence electrons. The molecular formula is C26H30N2O8S. The number of phenolic OH excluding ortho intramolecular Hbond substituents is 1. The third-order valence-electron chi connectivity index (χ3n) is 6.68. The summed E-state index contributed by atoms with van der Waals surface area (Å²) >= 11 is 0. The summed E-state index contributed by atoms with van der Waals surface area (Å²) in [5.74, 6) is -2.10. The highest BCUT2D eigenvalue weighted by atomic mass is 32.2. The zero-order chi connectivity index (χ0) is 26.7. The molecule has 2 aromatic carbocycles. The van der Waals surface area contributed by atoms with Crippen molar-refractivity contribution in [2.24, 2.45) is 0 Å². The molecule has 11 heteroatoms. The number of methoxy groups -OCH3 is 2. The van der Waals surface area contributed by atoms with Gasteiger partial charge in [-0.1, -0.05) is 12.5 Å². The Morgan fingerprint density at radius 3 is 2.32 bits per heavy atom. The van der Waals surface area contributed by atoms with Crippen molar-refractivity contribution in [3.05, 3.63) is 59.2 Å². The van der Waals surface area contributed by atoms with Gasteiger partial charge in [-0.15, -0.1) is 0 Å². The number of hydrogen-bond donors (Lipinski definition) is 2. The molecule has 1 amide bonds. The quantitative estimate of drug-likeness (QED) is 0.302. The molecule has 2 aromatic rings. The number of likely N-dealkylation sites (tertiary alicyclic amines) is 1. The Morgan fingerprint density at radius 2 is 1.70 bits per heavy atom. The van der Waals surface area contributed by atoms with Gasteiger partial charge in [0.25, 0.3) is 11.7 Å². The molecule has 4 rings (SSSR count). The zero-order valence-corrected chi connectivity index (χ0v) is 21.5. The number of sulfonamides is 1. The van der Waals surface area contributed by atoms with Gasteiger partial charge in [-0.2, -0.15) is 4.31 Å². The van der Waals surface area contributed by atoms with Crippen LogP contribution in [0.15, 0.2) is 52.9 Å². The van der Waals surface area contributed by atoms with Crippen molar-refractivity contribution < 1.29 is 37.7 Å². The summed E-state index contributed by atoms with van der Waals surface area (Å²) in [4.78, 5) is 27.4. The van der Waals surface area contributed by atoms with Crippen LogP contribution in [0.3, 0.4) is 0 Å². The summed E-state index contributed by atoms with van der Waals surface area (Å²) in [5.41, 5.74) is 0.481. The molecule has 2 aliphatic rings. The first-order valence-electron chi connectivity index (χ1n) is 12.0. The number of carbonyl (C=O) groups is 2. The minimum atomic E-state index is -3.67. The van der Waals surface area contributed by atoms with E-state index in [4.69, 9.17) is 9.47 Å². The fraction of sp³-hybridized carbons (Fsp3) is 0.385. The smallest absolute Gasteiger partial charge is 0.295 e. The number of piperidine rings is 1. The summed E-state index contributed by atoms with van der Waals surface area (Å²) in [7, 11) is -0.831. The van der Waals surface area contributed by atoms with Crippen molar-refractivity contribution in [1.82, 2.24) is 9.21 Å². The lowest BCUT2D eigenvalue weighted by Crippen LogP contribution is -2.35. The topological polar surface area (TPSA) is 134 Å². The molecule has 0 bridgehead atoms. The number of aliphatic hydroxyl groups is 1. The Morgan fingerprint density at radius 1 is 1.03 bits per heavy atom. The van der Waals surface area contributed by atoms with Crippen molar-refractivity contribution in [2.45, 2.75) is 30.2 Å². The number of rotatable bonds is 8. The van der Waals surface area contributed by atoms with Crippen LogP contribution in [0.5, 0.6) is 11.5 Å². The van der Waals surface area contributed by atoms with E-state index in [9.17, 15) is 28.2 Å². The molecule has 10 nitrogen and oxygen atoms in total. The molecule has 0 aliphatic carbocycles. The number of amides is 1. The first-order chi connectivity index (χ1) is 17.7. The number of ketones is 1. The minimum absolute atomic E-state index is 0.0821. The molecule has 2 N–H and O–H groups in total. The minimum Gasteiger partial charge on any atom is -0.507 e. The first kappa shape index (κ1) is 26.6. The Labute approximate surface area is 215 Å². The first-order valence-corrected chi connectivity index (χ1v) is 13.4. The van der Waals surface area contributed by atoms with Crippen LogP contribution in [-0.4, -0.2) is 80.0 Å². The van der Waals surface area contributed by atoms with Gasteiger partial charge in [0.1, 0.15) is 5.76 Å². The third-order valence-corrected chi connectivity index (χ3v) is 8.59. The molecule has 2 aliphatic heterocycles. The monoisotopic (exact) mass is 530 g/mol. The van der Waals surface area contributed by atoms with Crippen LogP contribution in [0.4, 0.5) is 0 Å². The molecule has 1 atom stereocenters. The second-order valence-corrected chi connectivity index (χ2v) is 10.8. The SMILES string of the molecule is COCCN1C(=O)C(=O)/C(=C(/O)c2ccc(S(=O)(=O)N3CCCCC3)cc2)[C@H]1c1ccc(O)c(OC)c1. The molecule has 2 fully saturated rings. The van der Waals surface area contributed by atoms with E-state index in [0.717, 1.165) is 19.3 Å². The maximum atomic E-state index is 13.1. The van der Waals surface area contributed by atoms with Crippen molar-refractivity contribution in [3.63, 3.8) is 0 Å². The van der Waals surface area contributed by atoms with Gasteiger partial charge in [-0.3, -0.25) is 9.59 Å². The number of Topliss-reactive ketones (excluding diaryl/α,β-unsaturated/α-hetero) is 1. The summed E-state index contributed by atoms with van der Waals surface area (Å²) < 4.78 is 37.7. The number of benzene rings is 2. The van der Waals surface area contributed by atoms with Crippen LogP contribution in [0.25, 0.3) is 5.76 Å². The number of aromatic hydroxyl groups is 1. The van der Waals surface area contributed by atoms with Crippen molar-refractivity contribution in [1.29, 1.82) is 0 Å². The normalized spacial score (nSPS) is 20.4. The molecule has 0 aromatic heterocycles. The van der Waals surface area contributed by atoms with Gasteiger partial charge in [-0.25, -0.2) is 8.42 Å². The maximum absolute atomic E-state index is 13.1. The summed E-state index contributed by atoms with van der Waals surface area (Å²) in [5, 5.41) is 21.2. The van der Waals surface area contributed by atoms with E-state index < -0.39 is 33.5 Å². The molecule has 0 unspecified atom stereocenters. The third kappa shape index (κ3) is 5.07. The average Bonchev–Trinajstić information content (AvgIpc) is 3.17. The van der Waals surface area contributed by atoms with Crippen molar-refractivity contribution in [2.75, 3.05) is 40.5 Å². The van der Waals surface area contributed by atoms with Crippen LogP contribution in [0.1, 0.15) is 36.4 Å². The van der Waals surface area contributed by atoms with Crippen LogP contribution in [0.2, 0.25) is 0 Å². The lowest BCUT2D eigenvalue weighted by atomic mass is 9.95. The highest BCUT2D eigenvalue weighted by Gasteiger charge is 2.46. The molecule has 0 radical (unpaired) electrons. The molecular weight excluding hydrogens is 500 g/mol. The standard InChI is InChI=1S/C26H30N2O8S/c1-35-15-14-28-23(18-8-11-20(29)21(16-18)36-2)22(25(31)26(28)32)24(30)17-6-9-19(10-7-17)37(33,34)27-12-4-3-5-13-27/h6-11,16,23,29-30H,3-5,12-15H2,1-2H3/b24-22+/t23-/m1/s1. The van der Waals surface area contributed by atoms with Gasteiger partial charge in [0, 0.05) is 32.3 Å². The van der Waals surface area contributed by atoms with E-state index in [1.54, 1.807) is 0 Å². The van der Waals surface area contributed by atoms with E-state index in [0.29, 0.717) is 18.7 Å². The van der Waals surface area contributed by atoms with E-state index in [1.807, 2.05) is 0 Å². The number of phenols is 1. The predicted molar refractivity (Wildman–Crippen MR) is 135 cm³/mol. The number of carbonyl (C=O) groups excluding carboxylic acids is 2. The lowest BCUT2D eigenvalue weighted by molar-refractivity contribution is -0.140. The zero-order valence-electron chi connectivity index (χ0n) is 20.7. The van der Waals surface area contributed by atoms with Gasteiger partial charge in [0.05, 0.1) is 30.2 Å². The van der Waals surface area contributed by atoms with Gasteiger partial charge in [0.15, 0.2) is 11.5 Å². The number of nitrogens with zero attached hydrogens (tertiary/aromatic N) is 2. The van der Waals surface area contributed by atoms with Gasteiger partial charge in [0.2, 0.25) is 10.0 Å². The van der Waals surface area contributed by atoms with Crippen molar-refractivity contribution in [3.8, 4) is 11.5 Å². The molecule has 2 heterocycles. The highest BCUT2D eigenvalue weighted by molar-refractivity contribution is 7.89. The van der Waals surface area contributed by atoms with Crippen LogP contribution < -0.4 is 4.74 Å². The number of ether oxygens (including phenoxy) is 2. The van der Waals surface area contributed by atoms with Gasteiger partial charge in [-0.05, 0) is 54.8 Å². The van der Waals surface area contributed by atoms with Crippen LogP contribution >= 0.6 is 0 Å². The van der Waals surface area contributed by atoms with Crippen LogP contribution in [0, 0.1) is 0 Å². The van der Waals surface area contributed by atoms with Crippen LogP contribution in [-0.2, 0) is 24.3 Å². The van der Waals surface area contributed by atoms with E-state index in [-0.39, 0.29) is 40.7 Å². The Hall–Kier alpha value is -3.41. The Bertz CT molecular complexity index is 1310. The summed E-state index contributed by atoms with van der Waals surface area (Å²) in [6, 6.07) is 9.05. The lowest BCUT2D eigenvalue weighted by Gasteiger charge is -2.26. The molecule has 2 saturated heterocycles. The molecule has 37 heavy (non-hydrogen) atoms. The van der Waals surface area contributed by atoms with E-state index >= 15 is 0 Å². The van der Waals surface area contributed by atoms with Crippen molar-refractivity contribution >= 4 is 27.5 Å². The van der Waals surface area contributed by atoms with Gasteiger partial charge >= 0.3 is 0 Å². The summed E-state index contributed by atoms with van der Waals surface area (Å²) in [6.07, 6.45) is 2.61. The Balaban J connectivity index is 1.76. The predicted octanol–water partition coefficient (Wildman–Crippen LogP) is 2.64. The highest BCUT2D eigenvalue weighted by Crippen LogP contribution is 2.41. The van der Waals surface area contributed by atoms with Gasteiger partial charge < -0.3 is 24.6 Å². The number of aliphatic hydroxyl groups excluding tert-OH is 1. The fourth-order valence-corrected chi connectivity index (χ4v) is 6.22. The van der Waals surface area contributed by atoms with E-state index in [1.165, 1.54) is 65.9 Å². The molecule has 0 saturated carbocycles. The van der Waals surface area contributed by atoms with E-state index in [2.05, 4.69) is 0 Å². The Kier molecular flexibility index (Phi) is 7.86. The maximum Gasteiger partial charge on any atom is 0.295 e.